The molecule has 2 rings (SSSR count). The summed E-state index contributed by atoms with van der Waals surface area (Å²) in [5.74, 6) is 0.252. The van der Waals surface area contributed by atoms with Gasteiger partial charge < -0.3 is 10.1 Å². The number of pyridine rings is 1. The fraction of sp³-hybridized carbons (Fsp3) is 0.0833. The van der Waals surface area contributed by atoms with E-state index in [0.29, 0.717) is 20.9 Å². The Bertz CT molecular complexity index is 580. The van der Waals surface area contributed by atoms with Crippen LogP contribution < -0.4 is 10.1 Å². The van der Waals surface area contributed by atoms with Gasteiger partial charge in [0.25, 0.3) is 0 Å². The molecular formula is C12H9BrClFN2O. The molecule has 0 atom stereocenters. The van der Waals surface area contributed by atoms with Crippen LogP contribution in [0, 0.1) is 5.82 Å². The molecule has 94 valence electrons. The lowest BCUT2D eigenvalue weighted by Crippen LogP contribution is -1.97. The molecule has 1 N–H and O–H groups in total. The quantitative estimate of drug-likeness (QED) is 0.906. The van der Waals surface area contributed by atoms with Crippen molar-refractivity contribution in [1.29, 1.82) is 0 Å². The van der Waals surface area contributed by atoms with Gasteiger partial charge in [-0.25, -0.2) is 9.37 Å². The number of nitrogens with one attached hydrogen (secondary N) is 1. The predicted molar refractivity (Wildman–Crippen MR) is 73.2 cm³/mol. The number of rotatable bonds is 3. The van der Waals surface area contributed by atoms with Crippen LogP contribution in [0.3, 0.4) is 0 Å². The summed E-state index contributed by atoms with van der Waals surface area (Å²) < 4.78 is 19.2. The van der Waals surface area contributed by atoms with Crippen molar-refractivity contribution in [2.24, 2.45) is 0 Å². The second-order valence-corrected chi connectivity index (χ2v) is 4.78. The molecule has 1 aromatic heterocycles. The molecule has 0 unspecified atom stereocenters. The van der Waals surface area contributed by atoms with Gasteiger partial charge in [-0.2, -0.15) is 0 Å². The Labute approximate surface area is 117 Å². The lowest BCUT2D eigenvalue weighted by Gasteiger charge is -2.09. The zero-order valence-electron chi connectivity index (χ0n) is 9.38. The van der Waals surface area contributed by atoms with Gasteiger partial charge in [0.05, 0.1) is 12.1 Å². The van der Waals surface area contributed by atoms with Crippen LogP contribution in [0.4, 0.5) is 15.9 Å². The van der Waals surface area contributed by atoms with Crippen molar-refractivity contribution in [3.63, 3.8) is 0 Å². The summed E-state index contributed by atoms with van der Waals surface area (Å²) in [7, 11) is 1.53. The minimum absolute atomic E-state index is 0.138. The normalized spacial score (nSPS) is 10.2. The Hall–Kier alpha value is -1.33. The van der Waals surface area contributed by atoms with Crippen LogP contribution in [-0.4, -0.2) is 12.1 Å². The molecule has 0 aliphatic rings. The monoisotopic (exact) mass is 330 g/mol. The van der Waals surface area contributed by atoms with Gasteiger partial charge >= 0.3 is 0 Å². The molecule has 0 spiro atoms. The number of hydrogen-bond donors (Lipinski definition) is 1. The first-order valence-corrected chi connectivity index (χ1v) is 6.19. The fourth-order valence-corrected chi connectivity index (χ4v) is 1.95. The second-order valence-electron chi connectivity index (χ2n) is 3.46. The number of ether oxygens (including phenoxy) is 1. The highest BCUT2D eigenvalue weighted by Crippen LogP contribution is 2.29. The number of aromatic nitrogens is 1. The van der Waals surface area contributed by atoms with Gasteiger partial charge in [-0.05, 0) is 40.2 Å². The zero-order chi connectivity index (χ0) is 13.1. The van der Waals surface area contributed by atoms with Crippen LogP contribution in [0.25, 0.3) is 0 Å². The topological polar surface area (TPSA) is 34.1 Å². The van der Waals surface area contributed by atoms with Gasteiger partial charge in [0.15, 0.2) is 11.6 Å². The molecule has 0 fully saturated rings. The van der Waals surface area contributed by atoms with E-state index in [1.165, 1.54) is 19.4 Å². The van der Waals surface area contributed by atoms with Crippen LogP contribution in [0.1, 0.15) is 0 Å². The summed E-state index contributed by atoms with van der Waals surface area (Å²) in [6.07, 6.45) is 1.51. The van der Waals surface area contributed by atoms with E-state index < -0.39 is 5.82 Å². The molecule has 0 aliphatic heterocycles. The molecule has 0 saturated heterocycles. The van der Waals surface area contributed by atoms with Gasteiger partial charge in [-0.15, -0.1) is 0 Å². The summed E-state index contributed by atoms with van der Waals surface area (Å²) in [4.78, 5) is 3.94. The molecule has 0 radical (unpaired) electrons. The smallest absolute Gasteiger partial charge is 0.166 e. The summed E-state index contributed by atoms with van der Waals surface area (Å²) in [5.41, 5.74) is 0.634. The zero-order valence-corrected chi connectivity index (χ0v) is 11.7. The molecule has 0 saturated carbocycles. The standard InChI is InChI=1S/C12H9BrClFN2O/c1-18-11-3-2-8(5-9(11)14)17-12-10(15)4-7(13)6-16-12/h2-6H,1H3,(H,16,17). The molecule has 1 heterocycles. The summed E-state index contributed by atoms with van der Waals surface area (Å²) >= 11 is 9.12. The average Bonchev–Trinajstić information content (AvgIpc) is 2.33. The largest absolute Gasteiger partial charge is 0.495 e. The van der Waals surface area contributed by atoms with Crippen molar-refractivity contribution >= 4 is 39.0 Å². The average molecular weight is 332 g/mol. The van der Waals surface area contributed by atoms with E-state index in [2.05, 4.69) is 26.2 Å². The third kappa shape index (κ3) is 2.91. The highest BCUT2D eigenvalue weighted by Gasteiger charge is 2.06. The van der Waals surface area contributed by atoms with Crippen LogP contribution in [0.5, 0.6) is 5.75 Å². The number of nitrogens with zero attached hydrogens (tertiary/aromatic N) is 1. The van der Waals surface area contributed by atoms with Gasteiger partial charge in [0, 0.05) is 16.4 Å². The van der Waals surface area contributed by atoms with Gasteiger partial charge in [0.1, 0.15) is 5.75 Å². The first-order valence-electron chi connectivity index (χ1n) is 5.02. The predicted octanol–water partition coefficient (Wildman–Crippen LogP) is 4.39. The third-order valence-corrected chi connectivity index (χ3v) is 2.95. The van der Waals surface area contributed by atoms with Crippen LogP contribution >= 0.6 is 27.5 Å². The van der Waals surface area contributed by atoms with Crippen LogP contribution in [0.2, 0.25) is 5.02 Å². The first-order chi connectivity index (χ1) is 8.60. The lowest BCUT2D eigenvalue weighted by molar-refractivity contribution is 0.415. The number of hydrogen-bond acceptors (Lipinski definition) is 3. The number of halogens is 3. The number of benzene rings is 1. The van der Waals surface area contributed by atoms with E-state index in [0.717, 1.165) is 0 Å². The first kappa shape index (κ1) is 13.1. The fourth-order valence-electron chi connectivity index (χ4n) is 1.39. The Morgan fingerprint density at radius 2 is 2.17 bits per heavy atom. The Morgan fingerprint density at radius 3 is 2.78 bits per heavy atom. The summed E-state index contributed by atoms with van der Waals surface area (Å²) in [6, 6.07) is 6.40. The van der Waals surface area contributed by atoms with Crippen molar-refractivity contribution < 1.29 is 9.13 Å². The van der Waals surface area contributed by atoms with E-state index in [9.17, 15) is 4.39 Å². The van der Waals surface area contributed by atoms with Crippen molar-refractivity contribution in [2.45, 2.75) is 0 Å². The Morgan fingerprint density at radius 1 is 1.39 bits per heavy atom. The van der Waals surface area contributed by atoms with E-state index >= 15 is 0 Å². The van der Waals surface area contributed by atoms with Gasteiger partial charge in [-0.3, -0.25) is 0 Å². The van der Waals surface area contributed by atoms with E-state index in [1.807, 2.05) is 0 Å². The van der Waals surface area contributed by atoms with E-state index in [1.54, 1.807) is 18.2 Å². The molecule has 18 heavy (non-hydrogen) atoms. The van der Waals surface area contributed by atoms with E-state index in [-0.39, 0.29) is 5.82 Å². The van der Waals surface area contributed by atoms with E-state index in [4.69, 9.17) is 16.3 Å². The second kappa shape index (κ2) is 5.54. The van der Waals surface area contributed by atoms with Crippen molar-refractivity contribution in [3.05, 3.63) is 45.8 Å². The maximum absolute atomic E-state index is 13.6. The maximum Gasteiger partial charge on any atom is 0.166 e. The highest BCUT2D eigenvalue weighted by molar-refractivity contribution is 9.10. The van der Waals surface area contributed by atoms with Crippen molar-refractivity contribution in [2.75, 3.05) is 12.4 Å². The Balaban J connectivity index is 2.26. The molecule has 2 aromatic rings. The molecular weight excluding hydrogens is 322 g/mol. The van der Waals surface area contributed by atoms with Gasteiger partial charge in [0.2, 0.25) is 0 Å². The molecule has 0 bridgehead atoms. The number of methoxy groups -OCH3 is 1. The minimum Gasteiger partial charge on any atom is -0.495 e. The summed E-state index contributed by atoms with van der Waals surface area (Å²) in [5, 5.41) is 3.29. The van der Waals surface area contributed by atoms with Gasteiger partial charge in [-0.1, -0.05) is 11.6 Å². The van der Waals surface area contributed by atoms with Crippen LogP contribution in [0.15, 0.2) is 34.9 Å². The number of anilines is 2. The maximum atomic E-state index is 13.6. The minimum atomic E-state index is -0.448. The molecule has 0 amide bonds. The van der Waals surface area contributed by atoms with Crippen LogP contribution in [-0.2, 0) is 0 Å². The van der Waals surface area contributed by atoms with Crippen molar-refractivity contribution in [1.82, 2.24) is 4.98 Å². The molecule has 6 heteroatoms. The summed E-state index contributed by atoms with van der Waals surface area (Å²) in [6.45, 7) is 0. The highest BCUT2D eigenvalue weighted by atomic mass is 79.9. The van der Waals surface area contributed by atoms with Crippen molar-refractivity contribution in [3.8, 4) is 5.75 Å². The SMILES string of the molecule is COc1ccc(Nc2ncc(Br)cc2F)cc1Cl. The molecule has 0 aliphatic carbocycles. The third-order valence-electron chi connectivity index (χ3n) is 2.22. The lowest BCUT2D eigenvalue weighted by atomic mass is 10.3. The molecule has 3 nitrogen and oxygen atoms in total. The Kier molecular flexibility index (Phi) is 4.04. The molecule has 1 aromatic carbocycles.